The quantitative estimate of drug-likeness (QED) is 0.766. The first kappa shape index (κ1) is 14.2. The molecule has 102 valence electrons. The highest BCUT2D eigenvalue weighted by atomic mass is 35.5. The van der Waals surface area contributed by atoms with Gasteiger partial charge in [-0.3, -0.25) is 0 Å². The highest BCUT2D eigenvalue weighted by molar-refractivity contribution is 6.17. The number of piperidine rings is 1. The average molecular weight is 277 g/mol. The van der Waals surface area contributed by atoms with Crippen LogP contribution in [0.3, 0.4) is 0 Å². The van der Waals surface area contributed by atoms with Gasteiger partial charge in [0, 0.05) is 19.0 Å². The van der Waals surface area contributed by atoms with Crippen LogP contribution in [0.5, 0.6) is 0 Å². The van der Waals surface area contributed by atoms with Crippen molar-refractivity contribution in [2.45, 2.75) is 38.5 Å². The summed E-state index contributed by atoms with van der Waals surface area (Å²) in [6.07, 6.45) is 5.11. The van der Waals surface area contributed by atoms with Gasteiger partial charge in [-0.1, -0.05) is 25.8 Å². The smallest absolute Gasteiger partial charge is 0.101 e. The molecule has 0 aliphatic carbocycles. The van der Waals surface area contributed by atoms with Gasteiger partial charge in [-0.25, -0.2) is 0 Å². The van der Waals surface area contributed by atoms with Gasteiger partial charge in [-0.15, -0.1) is 11.6 Å². The maximum Gasteiger partial charge on any atom is 0.101 e. The summed E-state index contributed by atoms with van der Waals surface area (Å²) in [6, 6.07) is 8.30. The molecule has 0 unspecified atom stereocenters. The minimum absolute atomic E-state index is 0.466. The van der Waals surface area contributed by atoms with Crippen LogP contribution < -0.4 is 4.90 Å². The summed E-state index contributed by atoms with van der Waals surface area (Å²) in [5, 5.41) is 9.29. The monoisotopic (exact) mass is 276 g/mol. The largest absolute Gasteiger partial charge is 0.370 e. The third-order valence-electron chi connectivity index (χ3n) is 3.99. The summed E-state index contributed by atoms with van der Waals surface area (Å²) in [5.41, 5.74) is 2.85. The lowest BCUT2D eigenvalue weighted by molar-refractivity contribution is 0.378. The first-order valence-electron chi connectivity index (χ1n) is 7.12. The predicted molar refractivity (Wildman–Crippen MR) is 80.6 cm³/mol. The zero-order valence-electron chi connectivity index (χ0n) is 11.5. The fraction of sp³-hybridized carbons (Fsp3) is 0.562. The normalized spacial score (nSPS) is 16.4. The first-order chi connectivity index (χ1) is 9.28. The Morgan fingerprint density at radius 3 is 2.68 bits per heavy atom. The Labute approximate surface area is 121 Å². The zero-order valence-corrected chi connectivity index (χ0v) is 12.3. The molecule has 0 radical (unpaired) electrons. The van der Waals surface area contributed by atoms with E-state index in [9.17, 15) is 5.26 Å². The number of nitrogens with zero attached hydrogens (tertiary/aromatic N) is 2. The maximum absolute atomic E-state index is 9.29. The molecule has 3 heteroatoms. The molecule has 0 N–H and O–H groups in total. The van der Waals surface area contributed by atoms with Gasteiger partial charge in [0.1, 0.15) is 6.07 Å². The summed E-state index contributed by atoms with van der Waals surface area (Å²) in [5.74, 6) is 1.34. The van der Waals surface area contributed by atoms with Crippen molar-refractivity contribution in [1.82, 2.24) is 0 Å². The molecule has 1 saturated heterocycles. The van der Waals surface area contributed by atoms with E-state index in [2.05, 4.69) is 24.0 Å². The Kier molecular flexibility index (Phi) is 5.10. The summed E-state index contributed by atoms with van der Waals surface area (Å²) in [7, 11) is 0. The summed E-state index contributed by atoms with van der Waals surface area (Å²) in [4.78, 5) is 2.35. The van der Waals surface area contributed by atoms with Crippen molar-refractivity contribution >= 4 is 17.3 Å². The summed E-state index contributed by atoms with van der Waals surface area (Å²) >= 11 is 5.82. The van der Waals surface area contributed by atoms with Crippen molar-refractivity contribution in [3.05, 3.63) is 29.3 Å². The number of halogens is 1. The second-order valence-electron chi connectivity index (χ2n) is 5.32. The Bertz CT molecular complexity index is 456. The lowest BCUT2D eigenvalue weighted by Crippen LogP contribution is -2.34. The fourth-order valence-corrected chi connectivity index (χ4v) is 3.07. The number of anilines is 1. The second kappa shape index (κ2) is 6.82. The molecule has 0 spiro atoms. The van der Waals surface area contributed by atoms with E-state index in [1.165, 1.54) is 25.7 Å². The van der Waals surface area contributed by atoms with Gasteiger partial charge < -0.3 is 4.90 Å². The second-order valence-corrected chi connectivity index (χ2v) is 5.58. The Morgan fingerprint density at radius 1 is 1.37 bits per heavy atom. The fourth-order valence-electron chi connectivity index (χ4n) is 2.90. The maximum atomic E-state index is 9.29. The van der Waals surface area contributed by atoms with Gasteiger partial charge >= 0.3 is 0 Å². The lowest BCUT2D eigenvalue weighted by Gasteiger charge is -2.34. The molecular formula is C16H21ClN2. The third kappa shape index (κ3) is 3.42. The molecule has 0 bridgehead atoms. The number of hydrogen-bond acceptors (Lipinski definition) is 2. The molecule has 0 aromatic heterocycles. The van der Waals surface area contributed by atoms with Gasteiger partial charge in [-0.2, -0.15) is 5.26 Å². The molecule has 1 aliphatic rings. The van der Waals surface area contributed by atoms with Crippen LogP contribution in [-0.4, -0.2) is 13.1 Å². The van der Waals surface area contributed by atoms with E-state index in [-0.39, 0.29) is 0 Å². The van der Waals surface area contributed by atoms with Gasteiger partial charge in [0.2, 0.25) is 0 Å². The van der Waals surface area contributed by atoms with Gasteiger partial charge in [0.15, 0.2) is 0 Å². The van der Waals surface area contributed by atoms with E-state index in [1.807, 2.05) is 12.1 Å². The highest BCUT2D eigenvalue weighted by Crippen LogP contribution is 2.28. The summed E-state index contributed by atoms with van der Waals surface area (Å²) < 4.78 is 0. The van der Waals surface area contributed by atoms with Crippen molar-refractivity contribution < 1.29 is 0 Å². The molecule has 2 nitrogen and oxygen atoms in total. The van der Waals surface area contributed by atoms with Crippen LogP contribution in [0, 0.1) is 17.2 Å². The molecule has 1 aromatic carbocycles. The molecule has 1 fully saturated rings. The van der Waals surface area contributed by atoms with Crippen LogP contribution >= 0.6 is 11.6 Å². The molecule has 1 aliphatic heterocycles. The topological polar surface area (TPSA) is 27.0 Å². The van der Waals surface area contributed by atoms with Crippen molar-refractivity contribution in [2.24, 2.45) is 5.92 Å². The van der Waals surface area contributed by atoms with E-state index < -0.39 is 0 Å². The molecule has 2 rings (SSSR count). The Hall–Kier alpha value is -1.20. The molecule has 0 amide bonds. The van der Waals surface area contributed by atoms with Crippen LogP contribution in [0.25, 0.3) is 0 Å². The van der Waals surface area contributed by atoms with Gasteiger partial charge in [0.25, 0.3) is 0 Å². The Balaban J connectivity index is 2.09. The lowest BCUT2D eigenvalue weighted by atomic mass is 9.92. The molecule has 0 saturated carbocycles. The van der Waals surface area contributed by atoms with Crippen molar-refractivity contribution in [1.29, 1.82) is 5.26 Å². The number of rotatable bonds is 4. The molecule has 19 heavy (non-hydrogen) atoms. The van der Waals surface area contributed by atoms with Crippen LogP contribution in [0.15, 0.2) is 18.2 Å². The van der Waals surface area contributed by atoms with Crippen LogP contribution in [0.2, 0.25) is 0 Å². The van der Waals surface area contributed by atoms with E-state index in [4.69, 9.17) is 11.6 Å². The number of nitriles is 1. The SMILES string of the molecule is CCCC1CCN(c2ccc(CCl)cc2C#N)CC1. The van der Waals surface area contributed by atoms with Gasteiger partial charge in [0.05, 0.1) is 11.3 Å². The number of alkyl halides is 1. The van der Waals surface area contributed by atoms with E-state index in [0.29, 0.717) is 5.88 Å². The molecular weight excluding hydrogens is 256 g/mol. The van der Waals surface area contributed by atoms with Crippen molar-refractivity contribution in [3.8, 4) is 6.07 Å². The molecule has 1 aromatic rings. The van der Waals surface area contributed by atoms with E-state index in [0.717, 1.165) is 35.8 Å². The molecule has 1 heterocycles. The number of hydrogen-bond donors (Lipinski definition) is 0. The van der Waals surface area contributed by atoms with Crippen LogP contribution in [0.4, 0.5) is 5.69 Å². The summed E-state index contributed by atoms with van der Waals surface area (Å²) in [6.45, 7) is 4.39. The van der Waals surface area contributed by atoms with E-state index in [1.54, 1.807) is 0 Å². The van der Waals surface area contributed by atoms with Crippen molar-refractivity contribution in [2.75, 3.05) is 18.0 Å². The average Bonchev–Trinajstić information content (AvgIpc) is 2.48. The predicted octanol–water partition coefficient (Wildman–Crippen LogP) is 4.31. The zero-order chi connectivity index (χ0) is 13.7. The first-order valence-corrected chi connectivity index (χ1v) is 7.65. The third-order valence-corrected chi connectivity index (χ3v) is 4.30. The minimum Gasteiger partial charge on any atom is -0.370 e. The minimum atomic E-state index is 0.466. The van der Waals surface area contributed by atoms with E-state index >= 15 is 0 Å². The highest BCUT2D eigenvalue weighted by Gasteiger charge is 2.20. The number of benzene rings is 1. The Morgan fingerprint density at radius 2 is 2.11 bits per heavy atom. The van der Waals surface area contributed by atoms with Gasteiger partial charge in [-0.05, 0) is 36.5 Å². The molecule has 0 atom stereocenters. The van der Waals surface area contributed by atoms with Crippen LogP contribution in [0.1, 0.15) is 43.7 Å². The van der Waals surface area contributed by atoms with Crippen LogP contribution in [-0.2, 0) is 5.88 Å². The standard InChI is InChI=1S/C16H21ClN2/c1-2-3-13-6-8-19(9-7-13)16-5-4-14(11-17)10-15(16)12-18/h4-5,10,13H,2-3,6-9,11H2,1H3. The van der Waals surface area contributed by atoms with Crippen molar-refractivity contribution in [3.63, 3.8) is 0 Å².